The highest BCUT2D eigenvalue weighted by atomic mass is 79.9. The molecule has 3 aromatic carbocycles. The molecule has 0 aliphatic carbocycles. The quantitative estimate of drug-likeness (QED) is 0.337. The summed E-state index contributed by atoms with van der Waals surface area (Å²) >= 11 is 3.36. The van der Waals surface area contributed by atoms with Crippen molar-refractivity contribution in [2.24, 2.45) is 0 Å². The zero-order valence-corrected chi connectivity index (χ0v) is 21.7. The molecule has 1 N–H and O–H groups in total. The summed E-state index contributed by atoms with van der Waals surface area (Å²) in [4.78, 5) is 12.4. The van der Waals surface area contributed by atoms with Crippen LogP contribution in [0.1, 0.15) is 34.8 Å². The lowest BCUT2D eigenvalue weighted by Gasteiger charge is -2.22. The smallest absolute Gasteiger partial charge is 0.251 e. The van der Waals surface area contributed by atoms with Gasteiger partial charge in [-0.3, -0.25) is 9.10 Å². The van der Waals surface area contributed by atoms with Crippen LogP contribution in [0.3, 0.4) is 0 Å². The molecule has 0 heterocycles. The summed E-state index contributed by atoms with van der Waals surface area (Å²) in [5.74, 6) is 0.570. The number of nitrogens with zero attached hydrogens (tertiary/aromatic N) is 1. The van der Waals surface area contributed by atoms with Crippen molar-refractivity contribution in [3.8, 4) is 5.75 Å². The molecule has 0 saturated carbocycles. The topological polar surface area (TPSA) is 75.7 Å². The van der Waals surface area contributed by atoms with E-state index in [9.17, 15) is 13.2 Å². The van der Waals surface area contributed by atoms with Gasteiger partial charge in [0, 0.05) is 10.0 Å². The van der Waals surface area contributed by atoms with Crippen LogP contribution >= 0.6 is 15.9 Å². The van der Waals surface area contributed by atoms with Gasteiger partial charge in [0.2, 0.25) is 10.0 Å². The largest absolute Gasteiger partial charge is 0.492 e. The number of anilines is 1. The minimum Gasteiger partial charge on any atom is -0.492 e. The summed E-state index contributed by atoms with van der Waals surface area (Å²) in [6, 6.07) is 22.0. The molecule has 34 heavy (non-hydrogen) atoms. The average Bonchev–Trinajstić information content (AvgIpc) is 2.82. The van der Waals surface area contributed by atoms with E-state index >= 15 is 0 Å². The molecule has 1 amide bonds. The fourth-order valence-electron chi connectivity index (χ4n) is 3.41. The molecule has 0 radical (unpaired) electrons. The Morgan fingerprint density at radius 1 is 0.941 bits per heavy atom. The van der Waals surface area contributed by atoms with E-state index in [1.54, 1.807) is 48.5 Å². The van der Waals surface area contributed by atoms with E-state index in [4.69, 9.17) is 4.74 Å². The number of hydrogen-bond donors (Lipinski definition) is 1. The van der Waals surface area contributed by atoms with Crippen molar-refractivity contribution in [2.75, 3.05) is 23.7 Å². The monoisotopic (exact) mass is 544 g/mol. The van der Waals surface area contributed by atoms with Gasteiger partial charge in [0.1, 0.15) is 12.4 Å². The van der Waals surface area contributed by atoms with Crippen LogP contribution in [0.2, 0.25) is 0 Å². The van der Waals surface area contributed by atoms with E-state index in [0.29, 0.717) is 24.4 Å². The van der Waals surface area contributed by atoms with Crippen LogP contribution in [0.25, 0.3) is 0 Å². The molecule has 0 aliphatic heterocycles. The number of sulfonamides is 1. The molecule has 6 nitrogen and oxygen atoms in total. The highest BCUT2D eigenvalue weighted by Gasteiger charge is 2.18. The summed E-state index contributed by atoms with van der Waals surface area (Å²) < 4.78 is 32.6. The van der Waals surface area contributed by atoms with Gasteiger partial charge in [-0.2, -0.15) is 0 Å². The van der Waals surface area contributed by atoms with E-state index in [1.165, 1.54) is 16.1 Å². The lowest BCUT2D eigenvalue weighted by Crippen LogP contribution is -2.29. The maximum atomic E-state index is 12.4. The first-order valence-corrected chi connectivity index (χ1v) is 13.7. The van der Waals surface area contributed by atoms with Crippen LogP contribution in [0, 0.1) is 0 Å². The van der Waals surface area contributed by atoms with Gasteiger partial charge in [0.25, 0.3) is 5.91 Å². The molecule has 3 aromatic rings. The van der Waals surface area contributed by atoms with Crippen molar-refractivity contribution < 1.29 is 17.9 Å². The number of ether oxygens (including phenoxy) is 1. The second-order valence-electron chi connectivity index (χ2n) is 7.94. The highest BCUT2D eigenvalue weighted by molar-refractivity contribution is 9.10. The number of carbonyl (C=O) groups excluding carboxylic acids is 1. The van der Waals surface area contributed by atoms with E-state index in [-0.39, 0.29) is 12.5 Å². The van der Waals surface area contributed by atoms with Gasteiger partial charge in [0.15, 0.2) is 0 Å². The Bertz CT molecular complexity index is 1180. The van der Waals surface area contributed by atoms with Crippen LogP contribution in [0.5, 0.6) is 5.75 Å². The predicted octanol–water partition coefficient (Wildman–Crippen LogP) is 5.18. The Morgan fingerprint density at radius 3 is 2.15 bits per heavy atom. The molecule has 0 aromatic heterocycles. The normalized spacial score (nSPS) is 11.1. The molecular weight excluding hydrogens is 516 g/mol. The van der Waals surface area contributed by atoms with E-state index in [1.807, 2.05) is 12.1 Å². The Labute approximate surface area is 210 Å². The molecule has 0 bridgehead atoms. The van der Waals surface area contributed by atoms with Gasteiger partial charge in [0.05, 0.1) is 25.0 Å². The van der Waals surface area contributed by atoms with Crippen LogP contribution in [-0.2, 0) is 23.0 Å². The summed E-state index contributed by atoms with van der Waals surface area (Å²) in [6.45, 7) is 3.07. The van der Waals surface area contributed by atoms with Crippen LogP contribution in [0.4, 0.5) is 5.69 Å². The molecule has 0 saturated heterocycles. The molecule has 0 spiro atoms. The maximum Gasteiger partial charge on any atom is 0.251 e. The Hall–Kier alpha value is -2.84. The third-order valence-electron chi connectivity index (χ3n) is 5.18. The van der Waals surface area contributed by atoms with Crippen LogP contribution < -0.4 is 14.4 Å². The molecule has 0 unspecified atom stereocenters. The lowest BCUT2D eigenvalue weighted by molar-refractivity contribution is 0.0947. The van der Waals surface area contributed by atoms with Gasteiger partial charge in [-0.15, -0.1) is 0 Å². The van der Waals surface area contributed by atoms with Gasteiger partial charge in [-0.05, 0) is 66.1 Å². The first kappa shape index (κ1) is 25.8. The minimum atomic E-state index is -3.47. The number of hydrogen-bond acceptors (Lipinski definition) is 4. The summed E-state index contributed by atoms with van der Waals surface area (Å²) in [5, 5.41) is 2.84. The molecule has 0 fully saturated rings. The number of benzene rings is 3. The zero-order valence-electron chi connectivity index (χ0n) is 19.3. The number of carbonyl (C=O) groups is 1. The van der Waals surface area contributed by atoms with Crippen molar-refractivity contribution in [3.05, 3.63) is 94.0 Å². The molecule has 180 valence electrons. The zero-order chi connectivity index (χ0) is 24.6. The number of nitrogens with one attached hydrogen (secondary N) is 1. The lowest BCUT2D eigenvalue weighted by atomic mass is 10.1. The van der Waals surface area contributed by atoms with Gasteiger partial charge in [-0.1, -0.05) is 53.5 Å². The van der Waals surface area contributed by atoms with Crippen LogP contribution in [0.15, 0.2) is 77.3 Å². The van der Waals surface area contributed by atoms with Gasteiger partial charge in [-0.25, -0.2) is 8.42 Å². The molecular formula is C26H29BrN2O4S. The fraction of sp³-hybridized carbons (Fsp3) is 0.269. The van der Waals surface area contributed by atoms with Crippen molar-refractivity contribution >= 4 is 37.5 Å². The molecule has 0 aliphatic rings. The van der Waals surface area contributed by atoms with Crippen molar-refractivity contribution in [1.82, 2.24) is 5.32 Å². The third-order valence-corrected chi connectivity index (χ3v) is 6.84. The second-order valence-corrected chi connectivity index (χ2v) is 10.8. The van der Waals surface area contributed by atoms with E-state index in [2.05, 4.69) is 40.3 Å². The fourth-order valence-corrected chi connectivity index (χ4v) is 4.56. The molecule has 8 heteroatoms. The van der Waals surface area contributed by atoms with Gasteiger partial charge < -0.3 is 10.1 Å². The first-order valence-electron chi connectivity index (χ1n) is 11.1. The van der Waals surface area contributed by atoms with Gasteiger partial charge >= 0.3 is 0 Å². The van der Waals surface area contributed by atoms with Crippen molar-refractivity contribution in [2.45, 2.75) is 26.3 Å². The average molecular weight is 545 g/mol. The SMILES string of the molecule is CCCc1ccc(OCCNC(=O)c2ccc(CN(c3ccc(Br)cc3)S(C)(=O)=O)cc2)cc1. The molecule has 3 rings (SSSR count). The third kappa shape index (κ3) is 7.60. The minimum absolute atomic E-state index is 0.174. The number of aryl methyl sites for hydroxylation is 1. The summed E-state index contributed by atoms with van der Waals surface area (Å²) in [5.41, 5.74) is 3.14. The van der Waals surface area contributed by atoms with E-state index in [0.717, 1.165) is 28.6 Å². The Morgan fingerprint density at radius 2 is 1.56 bits per heavy atom. The van der Waals surface area contributed by atoms with Crippen molar-refractivity contribution in [1.29, 1.82) is 0 Å². The van der Waals surface area contributed by atoms with Crippen molar-refractivity contribution in [3.63, 3.8) is 0 Å². The highest BCUT2D eigenvalue weighted by Crippen LogP contribution is 2.23. The second kappa shape index (κ2) is 12.0. The molecule has 0 atom stereocenters. The predicted molar refractivity (Wildman–Crippen MR) is 140 cm³/mol. The number of rotatable bonds is 11. The Kier molecular flexibility index (Phi) is 9.12. The van der Waals surface area contributed by atoms with Crippen LogP contribution in [-0.4, -0.2) is 33.7 Å². The maximum absolute atomic E-state index is 12.4. The summed E-state index contributed by atoms with van der Waals surface area (Å²) in [7, 11) is -3.47. The summed E-state index contributed by atoms with van der Waals surface area (Å²) in [6.07, 6.45) is 3.33. The Balaban J connectivity index is 1.52. The number of amides is 1. The standard InChI is InChI=1S/C26H29BrN2O4S/c1-3-4-20-7-15-25(16-8-20)33-18-17-28-26(30)22-9-5-21(6-10-22)19-29(34(2,31)32)24-13-11-23(27)12-14-24/h5-16H,3-4,17-19H2,1-2H3,(H,28,30). The van der Waals surface area contributed by atoms with E-state index < -0.39 is 10.0 Å². The first-order chi connectivity index (χ1) is 16.3. The number of halogens is 1.